The van der Waals surface area contributed by atoms with E-state index in [2.05, 4.69) is 29.9 Å². The molecule has 0 aromatic carbocycles. The molecule has 23 heteroatoms. The number of nitrogen functional groups attached to an aromatic ring is 2. The van der Waals surface area contributed by atoms with Crippen LogP contribution < -0.4 is 17.0 Å². The van der Waals surface area contributed by atoms with Crippen molar-refractivity contribution in [1.82, 2.24) is 39.0 Å². The van der Waals surface area contributed by atoms with E-state index in [1.807, 2.05) is 0 Å². The molecule has 3 aliphatic heterocycles. The van der Waals surface area contributed by atoms with Gasteiger partial charge in [0.2, 0.25) is 5.95 Å². The minimum Gasteiger partial charge on any atom is -0.387 e. The zero-order chi connectivity index (χ0) is 30.0. The van der Waals surface area contributed by atoms with Crippen molar-refractivity contribution in [2.75, 3.05) is 24.7 Å². The lowest BCUT2D eigenvalue weighted by Crippen LogP contribution is -2.35. The molecule has 3 saturated heterocycles. The molecular weight excluding hydrogens is 618 g/mol. The third-order valence-electron chi connectivity index (χ3n) is 7.20. The summed E-state index contributed by atoms with van der Waals surface area (Å²) in [4.78, 5) is 34.9. The van der Waals surface area contributed by atoms with Gasteiger partial charge in [-0.05, 0) is 0 Å². The van der Waals surface area contributed by atoms with E-state index in [4.69, 9.17) is 39.0 Å². The summed E-state index contributed by atoms with van der Waals surface area (Å²) in [5.74, 6) is -0.0872. The summed E-state index contributed by atoms with van der Waals surface area (Å²) in [6.07, 6.45) is -6.41. The van der Waals surface area contributed by atoms with Crippen LogP contribution in [0, 0.1) is 0 Å². The predicted octanol–water partition coefficient (Wildman–Crippen LogP) is -1.76. The number of nitrogens with zero attached hydrogens (tertiary/aromatic N) is 7. The summed E-state index contributed by atoms with van der Waals surface area (Å²) in [7, 11) is -6.73. The number of ether oxygens (including phenoxy) is 2. The van der Waals surface area contributed by atoms with E-state index < -0.39 is 84.4 Å². The van der Waals surface area contributed by atoms with Gasteiger partial charge in [0.15, 0.2) is 35.1 Å². The first-order valence-corrected chi connectivity index (χ1v) is 15.1. The van der Waals surface area contributed by atoms with Crippen molar-refractivity contribution in [3.63, 3.8) is 0 Å². The number of aromatic amines is 1. The van der Waals surface area contributed by atoms with Crippen molar-refractivity contribution >= 4 is 50.6 Å². The van der Waals surface area contributed by atoms with Crippen LogP contribution in [0.3, 0.4) is 0 Å². The maximum atomic E-state index is 13.0. The Hall–Kier alpha value is -3.36. The fourth-order valence-corrected chi connectivity index (χ4v) is 6.94. The monoisotopic (exact) mass is 642 g/mol. The van der Waals surface area contributed by atoms with E-state index in [0.29, 0.717) is 0 Å². The van der Waals surface area contributed by atoms with Crippen LogP contribution >= 0.6 is 16.5 Å². The van der Waals surface area contributed by atoms with Crippen LogP contribution in [-0.4, -0.2) is 99.1 Å². The number of hydrogen-bond acceptors (Lipinski definition) is 18. The second kappa shape index (κ2) is 11.0. The van der Waals surface area contributed by atoms with Crippen LogP contribution in [0.5, 0.6) is 0 Å². The second-order valence-electron chi connectivity index (χ2n) is 9.76. The first-order chi connectivity index (χ1) is 20.7. The Kier molecular flexibility index (Phi) is 7.25. The third kappa shape index (κ3) is 4.92. The van der Waals surface area contributed by atoms with Gasteiger partial charge in [-0.2, -0.15) is 4.98 Å². The molecule has 0 aliphatic carbocycles. The molecule has 7 N–H and O–H groups in total. The number of anilines is 2. The van der Waals surface area contributed by atoms with Crippen molar-refractivity contribution in [2.45, 2.75) is 49.1 Å². The lowest BCUT2D eigenvalue weighted by Gasteiger charge is -2.23. The fraction of sp³-hybridized carbons (Fsp3) is 0.500. The van der Waals surface area contributed by atoms with Crippen LogP contribution in [-0.2, 0) is 36.7 Å². The van der Waals surface area contributed by atoms with Gasteiger partial charge in [-0.25, -0.2) is 19.9 Å². The molecule has 0 saturated carbocycles. The van der Waals surface area contributed by atoms with Gasteiger partial charge < -0.3 is 44.7 Å². The van der Waals surface area contributed by atoms with Crippen molar-refractivity contribution in [2.24, 2.45) is 0 Å². The van der Waals surface area contributed by atoms with E-state index in [1.165, 1.54) is 28.1 Å². The van der Waals surface area contributed by atoms with E-state index >= 15 is 0 Å². The lowest BCUT2D eigenvalue weighted by molar-refractivity contribution is -0.0566. The largest absolute Gasteiger partial charge is 0.387 e. The molecule has 3 fully saturated rings. The van der Waals surface area contributed by atoms with Gasteiger partial charge >= 0.3 is 16.5 Å². The Morgan fingerprint density at radius 3 is 2.26 bits per heavy atom. The van der Waals surface area contributed by atoms with Crippen molar-refractivity contribution < 1.29 is 46.9 Å². The van der Waals surface area contributed by atoms with Gasteiger partial charge in [0.1, 0.15) is 48.5 Å². The molecule has 7 heterocycles. The number of hydrogen-bond donors (Lipinski definition) is 5. The number of nitrogens with one attached hydrogen (secondary N) is 1. The molecule has 230 valence electrons. The molecule has 2 bridgehead atoms. The summed E-state index contributed by atoms with van der Waals surface area (Å²) >= 11 is 0. The maximum absolute atomic E-state index is 13.0. The smallest absolute Gasteiger partial charge is 0.319 e. The zero-order valence-electron chi connectivity index (χ0n) is 21.6. The van der Waals surface area contributed by atoms with Gasteiger partial charge in [0, 0.05) is 0 Å². The molecule has 0 spiro atoms. The molecule has 0 amide bonds. The van der Waals surface area contributed by atoms with E-state index in [-0.39, 0.29) is 34.1 Å². The number of fused-ring (bicyclic) bond motifs is 5. The van der Waals surface area contributed by atoms with Crippen molar-refractivity contribution in [3.8, 4) is 0 Å². The summed E-state index contributed by atoms with van der Waals surface area (Å²) in [6, 6.07) is 0. The average molecular weight is 642 g/mol. The Bertz CT molecular complexity index is 1800. The highest BCUT2D eigenvalue weighted by Crippen LogP contribution is 2.44. The number of aliphatic hydroxyl groups excluding tert-OH is 2. The van der Waals surface area contributed by atoms with Crippen LogP contribution in [0.25, 0.3) is 22.3 Å². The fourth-order valence-electron chi connectivity index (χ4n) is 5.21. The molecule has 2 unspecified atom stereocenters. The molecule has 4 aromatic heterocycles. The molecule has 0 radical (unpaired) electrons. The molecule has 3 aliphatic rings. The SMILES string of the molecule is Nc1nc2c(ncn2[C@@H]2O[C@@H]3CO[PH](=O)O[C@H]4[C@@H](O)[C@H](n5cnc6c(N)ncnc65)O[C@@H]4CO[PH](=O)O[C@@H]2[C@@H]3O)c(=O)[nH]1. The van der Waals surface area contributed by atoms with Crippen molar-refractivity contribution in [1.29, 1.82) is 0 Å². The molecule has 43 heavy (non-hydrogen) atoms. The highest BCUT2D eigenvalue weighted by molar-refractivity contribution is 7.33. The van der Waals surface area contributed by atoms with E-state index in [9.17, 15) is 24.1 Å². The van der Waals surface area contributed by atoms with Gasteiger partial charge in [-0.3, -0.25) is 32.6 Å². The lowest BCUT2D eigenvalue weighted by atomic mass is 10.1. The highest BCUT2D eigenvalue weighted by atomic mass is 31.1. The van der Waals surface area contributed by atoms with Crippen molar-refractivity contribution in [3.05, 3.63) is 29.3 Å². The summed E-state index contributed by atoms with van der Waals surface area (Å²) in [6.45, 7) is -0.909. The Morgan fingerprint density at radius 1 is 0.837 bits per heavy atom. The van der Waals surface area contributed by atoms with Crippen LogP contribution in [0.15, 0.2) is 23.8 Å². The molecule has 4 aromatic rings. The molecule has 10 atom stereocenters. The first kappa shape index (κ1) is 28.4. The van der Waals surface area contributed by atoms with Gasteiger partial charge in [0.25, 0.3) is 5.56 Å². The molecular formula is C20H24N10O11P2. The van der Waals surface area contributed by atoms with Gasteiger partial charge in [0.05, 0.1) is 25.9 Å². The minimum atomic E-state index is -3.39. The quantitative estimate of drug-likeness (QED) is 0.151. The zero-order valence-corrected chi connectivity index (χ0v) is 23.6. The summed E-state index contributed by atoms with van der Waals surface area (Å²) < 4.78 is 62.5. The Morgan fingerprint density at radius 2 is 1.49 bits per heavy atom. The number of aromatic nitrogens is 8. The van der Waals surface area contributed by atoms with E-state index in [0.717, 1.165) is 0 Å². The number of H-pyrrole nitrogens is 1. The normalized spacial score (nSPS) is 35.4. The molecule has 21 nitrogen and oxygen atoms in total. The van der Waals surface area contributed by atoms with Crippen LogP contribution in [0.4, 0.5) is 11.8 Å². The minimum absolute atomic E-state index is 0.00788. The maximum Gasteiger partial charge on any atom is 0.319 e. The number of rotatable bonds is 2. The van der Waals surface area contributed by atoms with Gasteiger partial charge in [-0.1, -0.05) is 0 Å². The number of nitrogens with two attached hydrogens (primary N) is 2. The topological polar surface area (TPSA) is 289 Å². The average Bonchev–Trinajstić information content (AvgIpc) is 3.72. The van der Waals surface area contributed by atoms with Crippen LogP contribution in [0.1, 0.15) is 12.5 Å². The number of imidazole rings is 2. The number of aliphatic hydroxyl groups is 2. The predicted molar refractivity (Wildman–Crippen MR) is 142 cm³/mol. The molecule has 7 rings (SSSR count). The summed E-state index contributed by atoms with van der Waals surface area (Å²) in [5, 5.41) is 22.1. The van der Waals surface area contributed by atoms with E-state index in [1.54, 1.807) is 0 Å². The standard InChI is InChI=1S/C20H24N10O11P2/c21-14-8-15(24-3-23-14)29(4-25-8)18-11(32)12-7(39-18)2-37-43(35)41-13-10(31)6(1-36-42(34)40-12)38-19(13)30-5-26-9-16(30)27-20(22)28-17(9)33/h3-7,10-13,18-19,31-32,42-43H,1-2H2,(H2,21,23,24)(H3,22,27,28,33)/t6-,7-,10-,11-,12-,13-,18-,19-/m1/s1. The Balaban J connectivity index is 1.16. The first-order valence-electron chi connectivity index (χ1n) is 12.7. The van der Waals surface area contributed by atoms with Gasteiger partial charge in [-0.15, -0.1) is 0 Å². The highest BCUT2D eigenvalue weighted by Gasteiger charge is 2.50. The van der Waals surface area contributed by atoms with Crippen LogP contribution in [0.2, 0.25) is 0 Å². The Labute approximate surface area is 240 Å². The second-order valence-corrected chi connectivity index (χ2v) is 11.8. The summed E-state index contributed by atoms with van der Waals surface area (Å²) in [5.41, 5.74) is 11.4. The third-order valence-corrected chi connectivity index (χ3v) is 8.94.